The van der Waals surface area contributed by atoms with Gasteiger partial charge in [-0.3, -0.25) is 0 Å². The molecule has 0 unspecified atom stereocenters. The predicted molar refractivity (Wildman–Crippen MR) is 110 cm³/mol. The van der Waals surface area contributed by atoms with Gasteiger partial charge in [-0.25, -0.2) is 0 Å². The summed E-state index contributed by atoms with van der Waals surface area (Å²) in [6.07, 6.45) is 8.72. The van der Waals surface area contributed by atoms with Crippen LogP contribution in [0, 0.1) is 11.8 Å². The minimum atomic E-state index is 0.442. The van der Waals surface area contributed by atoms with Crippen molar-refractivity contribution >= 4 is 19.4 Å². The first kappa shape index (κ1) is 18.3. The van der Waals surface area contributed by atoms with Crippen molar-refractivity contribution in [2.24, 2.45) is 11.8 Å². The number of benzene rings is 2. The zero-order valence-electron chi connectivity index (χ0n) is 15.6. The molecule has 1 nitrogen and oxygen atoms in total. The minimum absolute atomic E-state index is 0.442. The van der Waals surface area contributed by atoms with Crippen molar-refractivity contribution in [1.29, 1.82) is 0 Å². The molecule has 2 aliphatic rings. The maximum absolute atomic E-state index is 6.43. The van der Waals surface area contributed by atoms with E-state index in [-0.39, 0.29) is 0 Å². The Bertz CT molecular complexity index is 650. The summed E-state index contributed by atoms with van der Waals surface area (Å²) in [7, 11) is 0. The molecule has 0 bridgehead atoms. The first-order valence-corrected chi connectivity index (χ1v) is 12.3. The molecular formula is C24H30OSe. The van der Waals surface area contributed by atoms with Gasteiger partial charge in [0.15, 0.2) is 0 Å². The van der Waals surface area contributed by atoms with Gasteiger partial charge in [0.2, 0.25) is 0 Å². The molecular weight excluding hydrogens is 383 g/mol. The molecule has 138 valence electrons. The topological polar surface area (TPSA) is 9.23 Å². The van der Waals surface area contributed by atoms with E-state index in [9.17, 15) is 0 Å². The van der Waals surface area contributed by atoms with Gasteiger partial charge < -0.3 is 0 Å². The summed E-state index contributed by atoms with van der Waals surface area (Å²) in [6, 6.07) is 22.3. The van der Waals surface area contributed by atoms with Crippen LogP contribution < -0.4 is 4.46 Å². The fourth-order valence-corrected chi connectivity index (χ4v) is 7.15. The molecule has 1 saturated heterocycles. The second-order valence-electron chi connectivity index (χ2n) is 7.81. The van der Waals surface area contributed by atoms with Crippen LogP contribution in [0.25, 0.3) is 0 Å². The van der Waals surface area contributed by atoms with E-state index < -0.39 is 0 Å². The third kappa shape index (κ3) is 4.42. The van der Waals surface area contributed by atoms with Crippen LogP contribution in [0.5, 0.6) is 0 Å². The molecule has 26 heavy (non-hydrogen) atoms. The van der Waals surface area contributed by atoms with Crippen molar-refractivity contribution in [2.45, 2.75) is 55.9 Å². The van der Waals surface area contributed by atoms with Crippen LogP contribution in [0.1, 0.15) is 50.0 Å². The molecule has 0 radical (unpaired) electrons. The zero-order chi connectivity index (χ0) is 17.6. The Labute approximate surface area is 164 Å². The molecule has 2 aromatic rings. The third-order valence-electron chi connectivity index (χ3n) is 6.23. The van der Waals surface area contributed by atoms with Gasteiger partial charge in [-0.2, -0.15) is 0 Å². The van der Waals surface area contributed by atoms with Crippen LogP contribution in [0.2, 0.25) is 5.32 Å². The van der Waals surface area contributed by atoms with Crippen molar-refractivity contribution in [3.63, 3.8) is 0 Å². The number of rotatable bonds is 5. The summed E-state index contributed by atoms with van der Waals surface area (Å²) < 4.78 is 7.94. The third-order valence-corrected chi connectivity index (χ3v) is 8.54. The first-order chi connectivity index (χ1) is 12.9. The number of hydrogen-bond donors (Lipinski definition) is 0. The standard InChI is InChI=1S/C24H30OSe/c1-4-10-19(11-5-1)22-16-17-25-23(18-26-21-14-8-3-9-15-21)24(22)20-12-6-2-7-13-20/h1,3-5,8-11,14-15,20,22-24H,2,6-7,12-13,16-18H2/t22-,23+,24-/m0/s1. The molecule has 0 amide bonds. The van der Waals surface area contributed by atoms with Gasteiger partial charge in [-0.05, 0) is 0 Å². The Kier molecular flexibility index (Phi) is 6.48. The second kappa shape index (κ2) is 9.22. The summed E-state index contributed by atoms with van der Waals surface area (Å²) in [5.41, 5.74) is 1.54. The molecule has 2 aromatic carbocycles. The molecule has 2 fully saturated rings. The first-order valence-electron chi connectivity index (χ1n) is 10.3. The Morgan fingerprint density at radius 1 is 0.808 bits per heavy atom. The van der Waals surface area contributed by atoms with Gasteiger partial charge in [-0.15, -0.1) is 0 Å². The molecule has 0 aromatic heterocycles. The molecule has 4 rings (SSSR count). The van der Waals surface area contributed by atoms with E-state index in [2.05, 4.69) is 60.7 Å². The van der Waals surface area contributed by atoms with Crippen LogP contribution in [0.4, 0.5) is 0 Å². The summed E-state index contributed by atoms with van der Waals surface area (Å²) in [4.78, 5) is 0. The van der Waals surface area contributed by atoms with Crippen molar-refractivity contribution in [3.05, 3.63) is 66.2 Å². The molecule has 1 heterocycles. The Morgan fingerprint density at radius 2 is 1.50 bits per heavy atom. The Balaban J connectivity index is 1.54. The van der Waals surface area contributed by atoms with Gasteiger partial charge in [0.05, 0.1) is 0 Å². The fraction of sp³-hybridized carbons (Fsp3) is 0.500. The van der Waals surface area contributed by atoms with Crippen LogP contribution in [-0.2, 0) is 4.74 Å². The van der Waals surface area contributed by atoms with Gasteiger partial charge in [0, 0.05) is 0 Å². The Hall–Kier alpha value is -1.08. The quantitative estimate of drug-likeness (QED) is 0.612. The van der Waals surface area contributed by atoms with E-state index in [4.69, 9.17) is 4.74 Å². The van der Waals surface area contributed by atoms with Crippen molar-refractivity contribution in [1.82, 2.24) is 0 Å². The number of ether oxygens (including phenoxy) is 1. The zero-order valence-corrected chi connectivity index (χ0v) is 17.3. The predicted octanol–water partition coefficient (Wildman–Crippen LogP) is 5.20. The Morgan fingerprint density at radius 3 is 2.23 bits per heavy atom. The molecule has 0 spiro atoms. The van der Waals surface area contributed by atoms with Crippen LogP contribution in [-0.4, -0.2) is 27.7 Å². The average Bonchev–Trinajstić information content (AvgIpc) is 2.74. The van der Waals surface area contributed by atoms with Gasteiger partial charge in [0.1, 0.15) is 0 Å². The molecule has 1 aliphatic carbocycles. The fourth-order valence-electron chi connectivity index (χ4n) is 5.00. The van der Waals surface area contributed by atoms with Crippen molar-refractivity contribution < 1.29 is 4.74 Å². The monoisotopic (exact) mass is 414 g/mol. The van der Waals surface area contributed by atoms with Gasteiger partial charge in [-0.1, -0.05) is 0 Å². The normalized spacial score (nSPS) is 27.3. The molecule has 1 saturated carbocycles. The van der Waals surface area contributed by atoms with Crippen molar-refractivity contribution in [3.8, 4) is 0 Å². The van der Waals surface area contributed by atoms with E-state index >= 15 is 0 Å². The van der Waals surface area contributed by atoms with E-state index in [1.54, 1.807) is 5.56 Å². The SMILES string of the molecule is c1ccc([Se]C[C@H]2OCC[C@@H](c3ccccc3)[C@@H]2C2CCCCC2)cc1. The van der Waals surface area contributed by atoms with Crippen molar-refractivity contribution in [2.75, 3.05) is 6.61 Å². The van der Waals surface area contributed by atoms with Crippen LogP contribution in [0.15, 0.2) is 60.7 Å². The van der Waals surface area contributed by atoms with E-state index in [1.165, 1.54) is 48.3 Å². The van der Waals surface area contributed by atoms with Crippen LogP contribution in [0.3, 0.4) is 0 Å². The molecule has 1 aliphatic heterocycles. The van der Waals surface area contributed by atoms with E-state index in [0.29, 0.717) is 32.9 Å². The van der Waals surface area contributed by atoms with E-state index in [1.807, 2.05) is 0 Å². The van der Waals surface area contributed by atoms with Gasteiger partial charge in [0.25, 0.3) is 0 Å². The number of hydrogen-bond acceptors (Lipinski definition) is 1. The summed E-state index contributed by atoms with van der Waals surface area (Å²) in [5, 5.41) is 1.22. The second-order valence-corrected chi connectivity index (χ2v) is 10.1. The van der Waals surface area contributed by atoms with Gasteiger partial charge >= 0.3 is 165 Å². The van der Waals surface area contributed by atoms with E-state index in [0.717, 1.165) is 12.5 Å². The maximum atomic E-state index is 6.43. The summed E-state index contributed by atoms with van der Waals surface area (Å²) in [5.74, 6) is 2.24. The molecule has 2 heteroatoms. The summed E-state index contributed by atoms with van der Waals surface area (Å²) in [6.45, 7) is 0.929. The molecule has 3 atom stereocenters. The average molecular weight is 413 g/mol. The van der Waals surface area contributed by atoms with Crippen LogP contribution >= 0.6 is 0 Å². The molecule has 0 N–H and O–H groups in total. The summed E-state index contributed by atoms with van der Waals surface area (Å²) >= 11 is 0.511.